The van der Waals surface area contributed by atoms with Crippen molar-refractivity contribution in [3.8, 4) is 0 Å². The number of aliphatic hydroxyl groups excluding tert-OH is 2. The van der Waals surface area contributed by atoms with Crippen LogP contribution in [0.3, 0.4) is 0 Å². The van der Waals surface area contributed by atoms with Gasteiger partial charge in [0.25, 0.3) is 0 Å². The van der Waals surface area contributed by atoms with E-state index in [1.54, 1.807) is 0 Å². The van der Waals surface area contributed by atoms with E-state index in [1.165, 1.54) is 5.56 Å². The molecule has 2 heteroatoms. The van der Waals surface area contributed by atoms with Crippen molar-refractivity contribution < 1.29 is 10.2 Å². The van der Waals surface area contributed by atoms with Crippen LogP contribution in [0.2, 0.25) is 0 Å². The topological polar surface area (TPSA) is 40.5 Å². The summed E-state index contributed by atoms with van der Waals surface area (Å²) >= 11 is 0. The molecule has 2 aromatic rings. The number of hydrogen-bond acceptors (Lipinski definition) is 2. The molecular formula is C20H24O2. The molecular weight excluding hydrogens is 272 g/mol. The van der Waals surface area contributed by atoms with E-state index in [-0.39, 0.29) is 12.0 Å². The van der Waals surface area contributed by atoms with Gasteiger partial charge in [-0.25, -0.2) is 0 Å². The normalized spacial score (nSPS) is 26.5. The molecule has 22 heavy (non-hydrogen) atoms. The van der Waals surface area contributed by atoms with E-state index in [0.29, 0.717) is 12.3 Å². The molecule has 4 atom stereocenters. The molecule has 3 rings (SSSR count). The molecule has 2 N–H and O–H groups in total. The van der Waals surface area contributed by atoms with Gasteiger partial charge in [-0.15, -0.1) is 0 Å². The zero-order valence-electron chi connectivity index (χ0n) is 12.8. The monoisotopic (exact) mass is 296 g/mol. The van der Waals surface area contributed by atoms with Crippen LogP contribution in [0, 0.1) is 11.8 Å². The van der Waals surface area contributed by atoms with Crippen molar-refractivity contribution in [1.82, 2.24) is 0 Å². The van der Waals surface area contributed by atoms with Crippen LogP contribution in [-0.2, 0) is 6.42 Å². The lowest BCUT2D eigenvalue weighted by atomic mass is 9.74. The largest absolute Gasteiger partial charge is 0.393 e. The second-order valence-electron chi connectivity index (χ2n) is 6.45. The Kier molecular flexibility index (Phi) is 4.91. The van der Waals surface area contributed by atoms with Gasteiger partial charge in [0.05, 0.1) is 12.2 Å². The summed E-state index contributed by atoms with van der Waals surface area (Å²) in [6.07, 6.45) is 2.78. The SMILES string of the molecule is OC(c1ccccc1)[C@@H]1CC[C@@H](Cc2ccccc2)[C@@H](O)C1. The summed E-state index contributed by atoms with van der Waals surface area (Å²) in [7, 11) is 0. The third kappa shape index (κ3) is 3.57. The second-order valence-corrected chi connectivity index (χ2v) is 6.45. The minimum absolute atomic E-state index is 0.157. The Labute approximate surface area is 132 Å². The van der Waals surface area contributed by atoms with Gasteiger partial charge in [0.1, 0.15) is 0 Å². The third-order valence-corrected chi connectivity index (χ3v) is 4.92. The van der Waals surface area contributed by atoms with Gasteiger partial charge < -0.3 is 10.2 Å². The Morgan fingerprint density at radius 2 is 1.55 bits per heavy atom. The van der Waals surface area contributed by atoms with Crippen LogP contribution >= 0.6 is 0 Å². The lowest BCUT2D eigenvalue weighted by molar-refractivity contribution is -0.00361. The number of rotatable bonds is 4. The first-order valence-corrected chi connectivity index (χ1v) is 8.19. The Bertz CT molecular complexity index is 567. The van der Waals surface area contributed by atoms with Crippen LogP contribution in [-0.4, -0.2) is 16.3 Å². The van der Waals surface area contributed by atoms with Crippen LogP contribution in [0.1, 0.15) is 36.5 Å². The van der Waals surface area contributed by atoms with E-state index >= 15 is 0 Å². The van der Waals surface area contributed by atoms with Crippen LogP contribution in [0.4, 0.5) is 0 Å². The summed E-state index contributed by atoms with van der Waals surface area (Å²) in [4.78, 5) is 0. The molecule has 1 unspecified atom stereocenters. The molecule has 0 aliphatic heterocycles. The number of benzene rings is 2. The van der Waals surface area contributed by atoms with E-state index in [4.69, 9.17) is 0 Å². The summed E-state index contributed by atoms with van der Waals surface area (Å²) in [5.41, 5.74) is 2.25. The van der Waals surface area contributed by atoms with Crippen molar-refractivity contribution in [2.24, 2.45) is 11.8 Å². The Balaban J connectivity index is 1.60. The molecule has 1 fully saturated rings. The van der Waals surface area contributed by atoms with Crippen molar-refractivity contribution in [1.29, 1.82) is 0 Å². The molecule has 2 nitrogen and oxygen atoms in total. The summed E-state index contributed by atoms with van der Waals surface area (Å²) in [5, 5.41) is 21.0. The zero-order valence-corrected chi connectivity index (χ0v) is 12.8. The smallest absolute Gasteiger partial charge is 0.0819 e. The van der Waals surface area contributed by atoms with Crippen molar-refractivity contribution in [3.63, 3.8) is 0 Å². The molecule has 0 amide bonds. The molecule has 0 radical (unpaired) electrons. The fourth-order valence-electron chi connectivity index (χ4n) is 3.61. The average Bonchev–Trinajstić information content (AvgIpc) is 2.58. The highest BCUT2D eigenvalue weighted by atomic mass is 16.3. The van der Waals surface area contributed by atoms with Gasteiger partial charge in [0.2, 0.25) is 0 Å². The third-order valence-electron chi connectivity index (χ3n) is 4.92. The lowest BCUT2D eigenvalue weighted by Gasteiger charge is -2.35. The van der Waals surface area contributed by atoms with Crippen molar-refractivity contribution >= 4 is 0 Å². The molecule has 116 valence electrons. The molecule has 2 aromatic carbocycles. The molecule has 1 saturated carbocycles. The maximum Gasteiger partial charge on any atom is 0.0819 e. The van der Waals surface area contributed by atoms with Gasteiger partial charge >= 0.3 is 0 Å². The predicted molar refractivity (Wildman–Crippen MR) is 88.4 cm³/mol. The Morgan fingerprint density at radius 3 is 2.18 bits per heavy atom. The van der Waals surface area contributed by atoms with Gasteiger partial charge in [0.15, 0.2) is 0 Å². The fourth-order valence-corrected chi connectivity index (χ4v) is 3.61. The molecule has 1 aliphatic carbocycles. The highest BCUT2D eigenvalue weighted by molar-refractivity contribution is 5.19. The van der Waals surface area contributed by atoms with E-state index < -0.39 is 6.10 Å². The van der Waals surface area contributed by atoms with Gasteiger partial charge in [-0.3, -0.25) is 0 Å². The van der Waals surface area contributed by atoms with Crippen molar-refractivity contribution in [3.05, 3.63) is 71.8 Å². The molecule has 0 bridgehead atoms. The van der Waals surface area contributed by atoms with E-state index in [1.807, 2.05) is 48.5 Å². The molecule has 0 heterocycles. The van der Waals surface area contributed by atoms with Gasteiger partial charge in [-0.1, -0.05) is 60.7 Å². The first-order valence-electron chi connectivity index (χ1n) is 8.19. The highest BCUT2D eigenvalue weighted by Gasteiger charge is 2.33. The Morgan fingerprint density at radius 1 is 0.909 bits per heavy atom. The first kappa shape index (κ1) is 15.3. The van der Waals surface area contributed by atoms with Crippen LogP contribution < -0.4 is 0 Å². The summed E-state index contributed by atoms with van der Waals surface area (Å²) in [5.74, 6) is 0.464. The maximum absolute atomic E-state index is 10.5. The standard InChI is InChI=1S/C20H24O2/c21-19-14-18(20(22)16-9-5-2-6-10-16)12-11-17(19)13-15-7-3-1-4-8-15/h1-10,17-22H,11-14H2/t17-,18+,19-,20?/m0/s1. The molecule has 0 aromatic heterocycles. The van der Waals surface area contributed by atoms with Crippen molar-refractivity contribution in [2.75, 3.05) is 0 Å². The minimum atomic E-state index is -0.464. The van der Waals surface area contributed by atoms with Gasteiger partial charge in [0, 0.05) is 0 Å². The number of aliphatic hydroxyl groups is 2. The fraction of sp³-hybridized carbons (Fsp3) is 0.400. The Hall–Kier alpha value is -1.64. The number of hydrogen-bond donors (Lipinski definition) is 2. The zero-order chi connectivity index (χ0) is 15.4. The summed E-state index contributed by atoms with van der Waals surface area (Å²) in [6.45, 7) is 0. The quantitative estimate of drug-likeness (QED) is 0.902. The van der Waals surface area contributed by atoms with E-state index in [0.717, 1.165) is 24.8 Å². The summed E-state index contributed by atoms with van der Waals surface area (Å²) in [6, 6.07) is 20.2. The average molecular weight is 296 g/mol. The van der Waals surface area contributed by atoms with E-state index in [2.05, 4.69) is 12.1 Å². The minimum Gasteiger partial charge on any atom is -0.393 e. The van der Waals surface area contributed by atoms with Crippen LogP contribution in [0.25, 0.3) is 0 Å². The highest BCUT2D eigenvalue weighted by Crippen LogP contribution is 2.38. The van der Waals surface area contributed by atoms with Crippen LogP contribution in [0.5, 0.6) is 0 Å². The van der Waals surface area contributed by atoms with Gasteiger partial charge in [-0.05, 0) is 48.6 Å². The first-order chi connectivity index (χ1) is 10.7. The second kappa shape index (κ2) is 7.08. The molecule has 0 spiro atoms. The molecule has 1 aliphatic rings. The molecule has 0 saturated heterocycles. The summed E-state index contributed by atoms with van der Waals surface area (Å²) < 4.78 is 0. The van der Waals surface area contributed by atoms with Gasteiger partial charge in [-0.2, -0.15) is 0 Å². The van der Waals surface area contributed by atoms with Crippen molar-refractivity contribution in [2.45, 2.75) is 37.9 Å². The lowest BCUT2D eigenvalue weighted by Crippen LogP contribution is -2.33. The van der Waals surface area contributed by atoms with Crippen LogP contribution in [0.15, 0.2) is 60.7 Å². The maximum atomic E-state index is 10.5. The predicted octanol–water partition coefficient (Wildman–Crippen LogP) is 3.74. The van der Waals surface area contributed by atoms with E-state index in [9.17, 15) is 10.2 Å².